The smallest absolute Gasteiger partial charge is 0.224 e. The third-order valence-electron chi connectivity index (χ3n) is 4.52. The fourth-order valence-corrected chi connectivity index (χ4v) is 3.58. The Bertz CT molecular complexity index is 1080. The lowest BCUT2D eigenvalue weighted by Gasteiger charge is -2.08. The minimum absolute atomic E-state index is 0.114. The molecule has 0 bridgehead atoms. The van der Waals surface area contributed by atoms with E-state index in [2.05, 4.69) is 20.6 Å². The normalized spacial score (nSPS) is 11.0. The average Bonchev–Trinajstić information content (AvgIpc) is 3.16. The summed E-state index contributed by atoms with van der Waals surface area (Å²) in [6, 6.07) is 5.31. The molecule has 3 aromatic rings. The maximum Gasteiger partial charge on any atom is 0.224 e. The van der Waals surface area contributed by atoms with Gasteiger partial charge in [-0.15, -0.1) is 0 Å². The molecule has 148 valence electrons. The Labute approximate surface area is 177 Å². The van der Waals surface area contributed by atoms with Gasteiger partial charge in [-0.25, -0.2) is 4.68 Å². The number of nitrogens with one attached hydrogen (secondary N) is 2. The van der Waals surface area contributed by atoms with Crippen molar-refractivity contribution in [2.24, 2.45) is 0 Å². The summed E-state index contributed by atoms with van der Waals surface area (Å²) in [4.78, 5) is 12.5. The molecule has 2 N–H and O–H groups in total. The maximum atomic E-state index is 12.5. The highest BCUT2D eigenvalue weighted by atomic mass is 35.5. The maximum absolute atomic E-state index is 12.5. The van der Waals surface area contributed by atoms with E-state index >= 15 is 0 Å². The van der Waals surface area contributed by atoms with Gasteiger partial charge in [-0.3, -0.25) is 9.89 Å². The van der Waals surface area contributed by atoms with Gasteiger partial charge in [-0.1, -0.05) is 23.2 Å². The van der Waals surface area contributed by atoms with Crippen LogP contribution in [0.5, 0.6) is 0 Å². The molecule has 0 saturated carbocycles. The second-order valence-electron chi connectivity index (χ2n) is 6.30. The van der Waals surface area contributed by atoms with Crippen molar-refractivity contribution in [3.63, 3.8) is 0 Å². The van der Waals surface area contributed by atoms with Crippen molar-refractivity contribution in [1.82, 2.24) is 29.9 Å². The van der Waals surface area contributed by atoms with Crippen LogP contribution < -0.4 is 5.32 Å². The van der Waals surface area contributed by atoms with Gasteiger partial charge in [0.15, 0.2) is 10.6 Å². The molecule has 0 spiro atoms. The van der Waals surface area contributed by atoms with Crippen molar-refractivity contribution < 1.29 is 4.79 Å². The molecule has 0 saturated heterocycles. The first-order chi connectivity index (χ1) is 13.3. The van der Waals surface area contributed by atoms with Gasteiger partial charge < -0.3 is 9.88 Å². The molecule has 3 rings (SSSR count). The number of hydrogen-bond donors (Lipinski definition) is 2. The molecule has 0 aliphatic rings. The van der Waals surface area contributed by atoms with Gasteiger partial charge in [0.25, 0.3) is 0 Å². The van der Waals surface area contributed by atoms with Crippen LogP contribution in [0.15, 0.2) is 18.2 Å². The van der Waals surface area contributed by atoms with Gasteiger partial charge in [0.1, 0.15) is 0 Å². The summed E-state index contributed by atoms with van der Waals surface area (Å²) in [6.07, 6.45) is 0.219. The first-order valence-electron chi connectivity index (χ1n) is 8.73. The van der Waals surface area contributed by atoms with E-state index in [0.29, 0.717) is 33.7 Å². The first kappa shape index (κ1) is 20.6. The summed E-state index contributed by atoms with van der Waals surface area (Å²) in [6.45, 7) is 6.77. The minimum Gasteiger partial charge on any atom is -0.349 e. The number of aromatic nitrogens is 5. The number of aromatic amines is 1. The molecule has 1 aromatic carbocycles. The third-order valence-corrected chi connectivity index (χ3v) is 5.57. The van der Waals surface area contributed by atoms with Crippen molar-refractivity contribution in [3.8, 4) is 5.69 Å². The number of nitrogens with zero attached hydrogens (tertiary/aromatic N) is 4. The van der Waals surface area contributed by atoms with Crippen molar-refractivity contribution >= 4 is 41.3 Å². The van der Waals surface area contributed by atoms with Crippen LogP contribution in [0.25, 0.3) is 5.69 Å². The summed E-state index contributed by atoms with van der Waals surface area (Å²) < 4.78 is 4.15. The molecule has 2 heterocycles. The van der Waals surface area contributed by atoms with Gasteiger partial charge in [-0.05, 0) is 51.2 Å². The predicted octanol–water partition coefficient (Wildman–Crippen LogP) is 3.93. The molecule has 0 radical (unpaired) electrons. The lowest BCUT2D eigenvalue weighted by atomic mass is 10.1. The van der Waals surface area contributed by atoms with Gasteiger partial charge in [0, 0.05) is 17.8 Å². The van der Waals surface area contributed by atoms with Crippen molar-refractivity contribution in [2.45, 2.75) is 40.3 Å². The zero-order valence-electron chi connectivity index (χ0n) is 15.7. The van der Waals surface area contributed by atoms with Crippen LogP contribution in [0.1, 0.15) is 29.7 Å². The first-order valence-corrected chi connectivity index (χ1v) is 9.89. The van der Waals surface area contributed by atoms with Gasteiger partial charge in [-0.2, -0.15) is 10.2 Å². The van der Waals surface area contributed by atoms with E-state index < -0.39 is 0 Å². The van der Waals surface area contributed by atoms with Crippen LogP contribution in [0, 0.1) is 18.6 Å². The number of amides is 1. The molecule has 2 aromatic heterocycles. The van der Waals surface area contributed by atoms with Crippen LogP contribution in [0.2, 0.25) is 10.0 Å². The molecule has 0 fully saturated rings. The van der Waals surface area contributed by atoms with E-state index in [0.717, 1.165) is 22.6 Å². The van der Waals surface area contributed by atoms with Crippen LogP contribution in [0.4, 0.5) is 0 Å². The Morgan fingerprint density at radius 1 is 1.29 bits per heavy atom. The molecule has 1 amide bonds. The Morgan fingerprint density at radius 3 is 2.71 bits per heavy atom. The third kappa shape index (κ3) is 4.14. The Balaban J connectivity index is 1.75. The van der Waals surface area contributed by atoms with Crippen LogP contribution in [-0.4, -0.2) is 30.5 Å². The monoisotopic (exact) mass is 438 g/mol. The van der Waals surface area contributed by atoms with Crippen molar-refractivity contribution in [3.05, 3.63) is 55.8 Å². The molecule has 0 aliphatic heterocycles. The highest BCUT2D eigenvalue weighted by Gasteiger charge is 2.17. The number of benzene rings is 1. The number of aryl methyl sites for hydroxylation is 1. The fraction of sp³-hybridized carbons (Fsp3) is 0.333. The van der Waals surface area contributed by atoms with Gasteiger partial charge >= 0.3 is 0 Å². The number of H-pyrrole nitrogens is 1. The van der Waals surface area contributed by atoms with E-state index in [9.17, 15) is 4.79 Å². The molecule has 0 aliphatic carbocycles. The van der Waals surface area contributed by atoms with E-state index in [4.69, 9.17) is 35.4 Å². The van der Waals surface area contributed by atoms with E-state index in [1.54, 1.807) is 16.8 Å². The van der Waals surface area contributed by atoms with Crippen LogP contribution >= 0.6 is 35.4 Å². The quantitative estimate of drug-likeness (QED) is 0.571. The molecule has 0 unspecified atom stereocenters. The lowest BCUT2D eigenvalue weighted by molar-refractivity contribution is -0.120. The standard InChI is InChI=1S/C18H20Cl2N6OS/c1-4-25-16(22-23-18(25)28)9-21-17(27)8-13-10(2)24-26(11(13)3)12-5-6-14(19)15(20)7-12/h5-7H,4,8-9H2,1-3H3,(H,21,27)(H,23,28). The number of hydrogen-bond acceptors (Lipinski definition) is 4. The molecular formula is C18H20Cl2N6OS. The number of carbonyl (C=O) groups is 1. The Morgan fingerprint density at radius 2 is 2.04 bits per heavy atom. The summed E-state index contributed by atoms with van der Waals surface area (Å²) >= 11 is 17.3. The topological polar surface area (TPSA) is 80.5 Å². The summed E-state index contributed by atoms with van der Waals surface area (Å²) in [5.74, 6) is 0.581. The van der Waals surface area contributed by atoms with Crippen LogP contribution in [-0.2, 0) is 24.3 Å². The molecular weight excluding hydrogens is 419 g/mol. The van der Waals surface area contributed by atoms with Crippen molar-refractivity contribution in [2.75, 3.05) is 0 Å². The molecule has 10 heteroatoms. The highest BCUT2D eigenvalue weighted by Crippen LogP contribution is 2.26. The number of rotatable bonds is 6. The highest BCUT2D eigenvalue weighted by molar-refractivity contribution is 7.71. The number of carbonyl (C=O) groups excluding carboxylic acids is 1. The minimum atomic E-state index is -0.114. The zero-order valence-corrected chi connectivity index (χ0v) is 18.0. The largest absolute Gasteiger partial charge is 0.349 e. The lowest BCUT2D eigenvalue weighted by Crippen LogP contribution is -2.26. The van der Waals surface area contributed by atoms with Crippen LogP contribution in [0.3, 0.4) is 0 Å². The summed E-state index contributed by atoms with van der Waals surface area (Å²) in [5, 5.41) is 15.3. The Kier molecular flexibility index (Phi) is 6.22. The second kappa shape index (κ2) is 8.46. The summed E-state index contributed by atoms with van der Waals surface area (Å²) in [5.41, 5.74) is 3.33. The average molecular weight is 439 g/mol. The number of halogens is 2. The van der Waals surface area contributed by atoms with E-state index in [1.165, 1.54) is 0 Å². The van der Waals surface area contributed by atoms with E-state index in [1.807, 2.05) is 31.4 Å². The Hall–Kier alpha value is -2.16. The second-order valence-corrected chi connectivity index (χ2v) is 7.50. The zero-order chi connectivity index (χ0) is 20.4. The van der Waals surface area contributed by atoms with E-state index in [-0.39, 0.29) is 12.3 Å². The van der Waals surface area contributed by atoms with Gasteiger partial charge in [0.05, 0.1) is 34.4 Å². The predicted molar refractivity (Wildman–Crippen MR) is 112 cm³/mol. The SMILES string of the molecule is CCn1c(CNC(=O)Cc2c(C)nn(-c3ccc(Cl)c(Cl)c3)c2C)n[nH]c1=S. The molecule has 7 nitrogen and oxygen atoms in total. The molecule has 28 heavy (non-hydrogen) atoms. The van der Waals surface area contributed by atoms with Gasteiger partial charge in [0.2, 0.25) is 5.91 Å². The summed E-state index contributed by atoms with van der Waals surface area (Å²) in [7, 11) is 0. The fourth-order valence-electron chi connectivity index (χ4n) is 3.01. The molecule has 0 atom stereocenters. The van der Waals surface area contributed by atoms with Crippen molar-refractivity contribution in [1.29, 1.82) is 0 Å².